The summed E-state index contributed by atoms with van der Waals surface area (Å²) >= 11 is 0. The Balaban J connectivity index is 5.25. The third-order valence-corrected chi connectivity index (χ3v) is 3.09. The van der Waals surface area contributed by atoms with Crippen molar-refractivity contribution < 1.29 is 54.9 Å². The molecule has 0 aliphatic rings. The van der Waals surface area contributed by atoms with E-state index in [4.69, 9.17) is 4.74 Å². The summed E-state index contributed by atoms with van der Waals surface area (Å²) in [5.41, 5.74) is -1.90. The number of esters is 3. The van der Waals surface area contributed by atoms with Gasteiger partial charge >= 0.3 is 30.3 Å². The van der Waals surface area contributed by atoms with E-state index < -0.39 is 55.5 Å². The average molecular weight is 394 g/mol. The van der Waals surface area contributed by atoms with Crippen molar-refractivity contribution in [1.82, 2.24) is 0 Å². The Hall–Kier alpha value is -2.27. The predicted octanol–water partition coefficient (Wildman–Crippen LogP) is 2.71. The Kier molecular flexibility index (Phi) is 8.12. The van der Waals surface area contributed by atoms with E-state index >= 15 is 0 Å². The van der Waals surface area contributed by atoms with Crippen LogP contribution in [0.25, 0.3) is 0 Å². The molecule has 0 radical (unpaired) electrons. The molecule has 0 atom stereocenters. The van der Waals surface area contributed by atoms with Crippen molar-refractivity contribution in [3.63, 3.8) is 0 Å². The number of alkyl halides is 6. The van der Waals surface area contributed by atoms with E-state index in [0.717, 1.165) is 0 Å². The number of halogens is 6. The van der Waals surface area contributed by atoms with E-state index in [9.17, 15) is 40.7 Å². The number of rotatable bonds is 8. The highest BCUT2D eigenvalue weighted by Gasteiger charge is 2.45. The fraction of sp³-hybridized carbons (Fsp3) is 0.643. The minimum atomic E-state index is -5.34. The molecule has 150 valence electrons. The molecule has 0 unspecified atom stereocenters. The van der Waals surface area contributed by atoms with Crippen molar-refractivity contribution in [2.75, 3.05) is 19.8 Å². The second-order valence-corrected chi connectivity index (χ2v) is 5.36. The van der Waals surface area contributed by atoms with Gasteiger partial charge in [0, 0.05) is 5.57 Å². The van der Waals surface area contributed by atoms with Crippen LogP contribution in [-0.4, -0.2) is 50.1 Å². The van der Waals surface area contributed by atoms with E-state index in [1.54, 1.807) is 0 Å². The summed E-state index contributed by atoms with van der Waals surface area (Å²) < 4.78 is 86.0. The van der Waals surface area contributed by atoms with Crippen LogP contribution in [0.1, 0.15) is 20.3 Å². The zero-order valence-electron chi connectivity index (χ0n) is 13.8. The van der Waals surface area contributed by atoms with Crippen LogP contribution >= 0.6 is 0 Å². The summed E-state index contributed by atoms with van der Waals surface area (Å²) in [7, 11) is 0. The van der Waals surface area contributed by atoms with Gasteiger partial charge in [-0.15, -0.1) is 0 Å². The van der Waals surface area contributed by atoms with Gasteiger partial charge in [0.2, 0.25) is 0 Å². The van der Waals surface area contributed by atoms with Gasteiger partial charge in [-0.25, -0.2) is 14.4 Å². The van der Waals surface area contributed by atoms with E-state index in [1.165, 1.54) is 13.8 Å². The van der Waals surface area contributed by atoms with Gasteiger partial charge < -0.3 is 14.2 Å². The molecule has 0 saturated carbocycles. The number of ether oxygens (including phenoxy) is 3. The van der Waals surface area contributed by atoms with Crippen molar-refractivity contribution in [3.05, 3.63) is 12.2 Å². The van der Waals surface area contributed by atoms with E-state index in [0.29, 0.717) is 0 Å². The first-order chi connectivity index (χ1) is 11.6. The monoisotopic (exact) mass is 394 g/mol. The first kappa shape index (κ1) is 23.7. The lowest BCUT2D eigenvalue weighted by Crippen LogP contribution is -2.42. The SMILES string of the molecule is C=C(C)C(=O)OCC(CC)(COC(=O)C(F)(F)F)COC(=O)C(F)(F)F. The summed E-state index contributed by atoms with van der Waals surface area (Å²) in [5, 5.41) is 0. The molecule has 0 spiro atoms. The molecular weight excluding hydrogens is 378 g/mol. The van der Waals surface area contributed by atoms with Crippen LogP contribution in [0.4, 0.5) is 26.3 Å². The Morgan fingerprint density at radius 3 is 1.42 bits per heavy atom. The first-order valence-electron chi connectivity index (χ1n) is 6.95. The van der Waals surface area contributed by atoms with Crippen molar-refractivity contribution in [3.8, 4) is 0 Å². The summed E-state index contributed by atoms with van der Waals surface area (Å²) in [6, 6.07) is 0. The van der Waals surface area contributed by atoms with Gasteiger partial charge in [-0.05, 0) is 13.3 Å². The third kappa shape index (κ3) is 7.74. The standard InChI is InChI=1S/C14H16F6O6/c1-4-12(5-24-9(21)8(2)3,6-25-10(22)13(15,16)17)7-26-11(23)14(18,19)20/h2,4-7H2,1,3H3. The Labute approximate surface area is 144 Å². The molecule has 0 saturated heterocycles. The number of hydrogen-bond acceptors (Lipinski definition) is 6. The maximum absolute atomic E-state index is 12.2. The summed E-state index contributed by atoms with van der Waals surface area (Å²) in [5.74, 6) is -6.17. The van der Waals surface area contributed by atoms with Crippen molar-refractivity contribution in [1.29, 1.82) is 0 Å². The van der Waals surface area contributed by atoms with E-state index in [2.05, 4.69) is 16.1 Å². The molecule has 0 bridgehead atoms. The molecule has 26 heavy (non-hydrogen) atoms. The molecule has 0 heterocycles. The first-order valence-corrected chi connectivity index (χ1v) is 6.95. The topological polar surface area (TPSA) is 78.9 Å². The predicted molar refractivity (Wildman–Crippen MR) is 72.5 cm³/mol. The van der Waals surface area contributed by atoms with Gasteiger partial charge in [0.1, 0.15) is 19.8 Å². The molecule has 0 aromatic carbocycles. The second kappa shape index (κ2) is 8.90. The lowest BCUT2D eigenvalue weighted by Gasteiger charge is -2.31. The molecule has 0 aliphatic heterocycles. The minimum absolute atomic E-state index is 0.0884. The van der Waals surface area contributed by atoms with Gasteiger partial charge in [-0.1, -0.05) is 13.5 Å². The molecule has 0 aromatic heterocycles. The molecule has 0 rings (SSSR count). The normalized spacial score (nSPS) is 12.3. The van der Waals surface area contributed by atoms with Crippen LogP contribution in [0, 0.1) is 5.41 Å². The lowest BCUT2D eigenvalue weighted by molar-refractivity contribution is -0.211. The van der Waals surface area contributed by atoms with E-state index in [1.807, 2.05) is 0 Å². The smallest absolute Gasteiger partial charge is 0.461 e. The highest BCUT2D eigenvalue weighted by Crippen LogP contribution is 2.28. The van der Waals surface area contributed by atoms with Crippen molar-refractivity contribution in [2.24, 2.45) is 5.41 Å². The highest BCUT2D eigenvalue weighted by atomic mass is 19.4. The molecule has 6 nitrogen and oxygen atoms in total. The fourth-order valence-electron chi connectivity index (χ4n) is 1.37. The Morgan fingerprint density at radius 2 is 1.15 bits per heavy atom. The number of carbonyl (C=O) groups excluding carboxylic acids is 3. The third-order valence-electron chi connectivity index (χ3n) is 3.09. The molecule has 0 aromatic rings. The maximum atomic E-state index is 12.2. The summed E-state index contributed by atoms with van der Waals surface area (Å²) in [6.45, 7) is 2.83. The van der Waals surface area contributed by atoms with Crippen LogP contribution in [-0.2, 0) is 28.6 Å². The molecular formula is C14H16F6O6. The zero-order valence-corrected chi connectivity index (χ0v) is 13.8. The van der Waals surface area contributed by atoms with Crippen molar-refractivity contribution in [2.45, 2.75) is 32.6 Å². The molecule has 12 heteroatoms. The van der Waals surface area contributed by atoms with E-state index in [-0.39, 0.29) is 12.0 Å². The van der Waals surface area contributed by atoms with Gasteiger partial charge in [-0.2, -0.15) is 26.3 Å². The number of carbonyl (C=O) groups is 3. The molecule has 0 fully saturated rings. The quantitative estimate of drug-likeness (QED) is 0.273. The molecule has 0 aliphatic carbocycles. The van der Waals surface area contributed by atoms with Gasteiger partial charge in [0.05, 0.1) is 5.41 Å². The maximum Gasteiger partial charge on any atom is 0.490 e. The minimum Gasteiger partial charge on any atom is -0.461 e. The van der Waals surface area contributed by atoms with Crippen LogP contribution in [0.2, 0.25) is 0 Å². The fourth-order valence-corrected chi connectivity index (χ4v) is 1.37. The molecule has 0 N–H and O–H groups in total. The Bertz CT molecular complexity index is 521. The van der Waals surface area contributed by atoms with Gasteiger partial charge in [0.25, 0.3) is 0 Å². The summed E-state index contributed by atoms with van der Waals surface area (Å²) in [6.07, 6.45) is -10.9. The van der Waals surface area contributed by atoms with Gasteiger partial charge in [-0.3, -0.25) is 0 Å². The Morgan fingerprint density at radius 1 is 0.808 bits per heavy atom. The van der Waals surface area contributed by atoms with Gasteiger partial charge in [0.15, 0.2) is 0 Å². The van der Waals surface area contributed by atoms with Crippen molar-refractivity contribution >= 4 is 17.9 Å². The zero-order chi connectivity index (χ0) is 20.8. The summed E-state index contributed by atoms with van der Waals surface area (Å²) in [4.78, 5) is 33.0. The van der Waals surface area contributed by atoms with Crippen LogP contribution in [0.5, 0.6) is 0 Å². The number of hydrogen-bond donors (Lipinski definition) is 0. The highest BCUT2D eigenvalue weighted by molar-refractivity contribution is 5.86. The van der Waals surface area contributed by atoms with Crippen LogP contribution in [0.15, 0.2) is 12.2 Å². The second-order valence-electron chi connectivity index (χ2n) is 5.36. The average Bonchev–Trinajstić information content (AvgIpc) is 2.51. The lowest BCUT2D eigenvalue weighted by atomic mass is 9.88. The molecule has 0 amide bonds. The largest absolute Gasteiger partial charge is 0.490 e. The van der Waals surface area contributed by atoms with Crippen LogP contribution in [0.3, 0.4) is 0 Å². The van der Waals surface area contributed by atoms with Crippen LogP contribution < -0.4 is 0 Å².